The van der Waals surface area contributed by atoms with Crippen molar-refractivity contribution < 1.29 is 33.0 Å². The standard InChI is InChI=1S/C25H19F3N6O4/c26-25(27,28)24(33-34-24)19-5-2-15(3-6-19)10-17(13-29)22(37)31-8-1-9-32-23(38)18(14-30)11-16-4-7-20(35)21(36)12-16/h2-7,10-12,35-36H,1,8-9H2,(H,31,37)(H,32,38)/b17-10+,18-11+. The molecular weight excluding hydrogens is 505 g/mol. The number of halogens is 3. The molecule has 0 saturated carbocycles. The van der Waals surface area contributed by atoms with Gasteiger partial charge >= 0.3 is 11.8 Å². The highest BCUT2D eigenvalue weighted by Crippen LogP contribution is 2.52. The Hall–Kier alpha value is -5.17. The zero-order chi connectivity index (χ0) is 27.9. The van der Waals surface area contributed by atoms with Crippen molar-refractivity contribution >= 4 is 24.0 Å². The van der Waals surface area contributed by atoms with E-state index in [4.69, 9.17) is 0 Å². The molecule has 10 nitrogen and oxygen atoms in total. The number of hydrogen-bond donors (Lipinski definition) is 4. The van der Waals surface area contributed by atoms with Gasteiger partial charge in [-0.3, -0.25) is 9.59 Å². The third kappa shape index (κ3) is 6.33. The number of nitriles is 2. The zero-order valence-corrected chi connectivity index (χ0v) is 19.5. The molecule has 0 bridgehead atoms. The fourth-order valence-corrected chi connectivity index (χ4v) is 3.20. The van der Waals surface area contributed by atoms with Crippen molar-refractivity contribution in [2.24, 2.45) is 10.2 Å². The molecule has 2 amide bonds. The Kier molecular flexibility index (Phi) is 8.13. The maximum atomic E-state index is 13.1. The predicted octanol–water partition coefficient (Wildman–Crippen LogP) is 3.42. The molecule has 0 aliphatic carbocycles. The fourth-order valence-electron chi connectivity index (χ4n) is 3.20. The van der Waals surface area contributed by atoms with E-state index in [0.717, 1.165) is 0 Å². The first kappa shape index (κ1) is 27.4. The van der Waals surface area contributed by atoms with Crippen LogP contribution in [0.4, 0.5) is 13.2 Å². The molecule has 38 heavy (non-hydrogen) atoms. The van der Waals surface area contributed by atoms with Gasteiger partial charge in [0.05, 0.1) is 0 Å². The quantitative estimate of drug-likeness (QED) is 0.169. The molecule has 2 aromatic rings. The molecule has 13 heteroatoms. The van der Waals surface area contributed by atoms with Crippen LogP contribution in [-0.2, 0) is 15.3 Å². The summed E-state index contributed by atoms with van der Waals surface area (Å²) in [5.74, 6) is -2.16. The second-order valence-corrected chi connectivity index (χ2v) is 7.95. The molecule has 1 aliphatic heterocycles. The Balaban J connectivity index is 1.49. The second-order valence-electron chi connectivity index (χ2n) is 7.95. The number of phenolic OH excluding ortho intramolecular Hbond substituents is 2. The Labute approximate surface area is 214 Å². The molecule has 3 rings (SSSR count). The van der Waals surface area contributed by atoms with E-state index in [1.54, 1.807) is 12.1 Å². The van der Waals surface area contributed by atoms with Gasteiger partial charge in [0.25, 0.3) is 11.8 Å². The van der Waals surface area contributed by atoms with Crippen LogP contribution in [0.5, 0.6) is 11.5 Å². The largest absolute Gasteiger partial charge is 0.504 e. The van der Waals surface area contributed by atoms with Crippen LogP contribution >= 0.6 is 0 Å². The summed E-state index contributed by atoms with van der Waals surface area (Å²) >= 11 is 0. The number of nitrogens with zero attached hydrogens (tertiary/aromatic N) is 4. The molecule has 194 valence electrons. The minimum atomic E-state index is -4.66. The third-order valence-corrected chi connectivity index (χ3v) is 5.28. The number of hydrogen-bond acceptors (Lipinski definition) is 8. The van der Waals surface area contributed by atoms with Crippen LogP contribution < -0.4 is 10.6 Å². The van der Waals surface area contributed by atoms with Crippen molar-refractivity contribution in [2.75, 3.05) is 13.1 Å². The number of nitrogens with one attached hydrogen (secondary N) is 2. The van der Waals surface area contributed by atoms with Gasteiger partial charge in [0.15, 0.2) is 11.5 Å². The van der Waals surface area contributed by atoms with Crippen LogP contribution in [0.3, 0.4) is 0 Å². The van der Waals surface area contributed by atoms with Crippen LogP contribution in [0.1, 0.15) is 23.1 Å². The Morgan fingerprint density at radius 1 is 0.868 bits per heavy atom. The Morgan fingerprint density at radius 3 is 1.82 bits per heavy atom. The second kappa shape index (κ2) is 11.3. The van der Waals surface area contributed by atoms with E-state index < -0.39 is 29.4 Å². The molecule has 0 unspecified atom stereocenters. The van der Waals surface area contributed by atoms with Gasteiger partial charge in [0.1, 0.15) is 23.3 Å². The van der Waals surface area contributed by atoms with Crippen molar-refractivity contribution in [3.8, 4) is 23.6 Å². The average Bonchev–Trinajstić information content (AvgIpc) is 3.70. The van der Waals surface area contributed by atoms with E-state index in [-0.39, 0.29) is 42.0 Å². The Morgan fingerprint density at radius 2 is 1.37 bits per heavy atom. The highest BCUT2D eigenvalue weighted by Gasteiger charge is 2.65. The van der Waals surface area contributed by atoms with Crippen LogP contribution in [0.2, 0.25) is 0 Å². The molecule has 4 N–H and O–H groups in total. The molecule has 1 heterocycles. The predicted molar refractivity (Wildman–Crippen MR) is 127 cm³/mol. The maximum Gasteiger partial charge on any atom is 0.442 e. The Bertz CT molecular complexity index is 1410. The smallest absolute Gasteiger partial charge is 0.442 e. The van der Waals surface area contributed by atoms with E-state index >= 15 is 0 Å². The van der Waals surface area contributed by atoms with Crippen molar-refractivity contribution in [1.82, 2.24) is 10.6 Å². The highest BCUT2D eigenvalue weighted by molar-refractivity contribution is 6.02. The first-order valence-electron chi connectivity index (χ1n) is 10.9. The lowest BCUT2D eigenvalue weighted by atomic mass is 10.0. The number of benzene rings is 2. The number of phenols is 2. The molecule has 0 atom stereocenters. The van der Waals surface area contributed by atoms with E-state index in [0.29, 0.717) is 11.1 Å². The summed E-state index contributed by atoms with van der Waals surface area (Å²) in [6.07, 6.45) is -1.96. The minimum absolute atomic E-state index is 0.0750. The summed E-state index contributed by atoms with van der Waals surface area (Å²) in [4.78, 5) is 24.5. The van der Waals surface area contributed by atoms with Crippen LogP contribution in [0.15, 0.2) is 63.8 Å². The topological polar surface area (TPSA) is 171 Å². The monoisotopic (exact) mass is 524 g/mol. The summed E-state index contributed by atoms with van der Waals surface area (Å²) in [5.41, 5.74) is -2.61. The van der Waals surface area contributed by atoms with Crippen LogP contribution in [0.25, 0.3) is 12.2 Å². The van der Waals surface area contributed by atoms with E-state index in [2.05, 4.69) is 20.9 Å². The number of aromatic hydroxyl groups is 2. The van der Waals surface area contributed by atoms with Crippen molar-refractivity contribution in [1.29, 1.82) is 10.5 Å². The third-order valence-electron chi connectivity index (χ3n) is 5.28. The summed E-state index contributed by atoms with van der Waals surface area (Å²) < 4.78 is 39.3. The number of carbonyl (C=O) groups excluding carboxylic acids is 2. The maximum absolute atomic E-state index is 13.1. The molecule has 0 fully saturated rings. The highest BCUT2D eigenvalue weighted by atomic mass is 19.4. The summed E-state index contributed by atoms with van der Waals surface area (Å²) in [6.45, 7) is 0.161. The molecule has 2 aromatic carbocycles. The van der Waals surface area contributed by atoms with Crippen molar-refractivity contribution in [3.63, 3.8) is 0 Å². The lowest BCUT2D eigenvalue weighted by molar-refractivity contribution is -0.166. The van der Waals surface area contributed by atoms with Crippen molar-refractivity contribution in [2.45, 2.75) is 18.3 Å². The molecular formula is C25H19F3N6O4. The zero-order valence-electron chi connectivity index (χ0n) is 19.5. The first-order chi connectivity index (χ1) is 18.0. The molecule has 0 radical (unpaired) electrons. The number of rotatable bonds is 9. The fraction of sp³-hybridized carbons (Fsp3) is 0.200. The lowest BCUT2D eigenvalue weighted by Gasteiger charge is -2.14. The normalized spacial score (nSPS) is 14.2. The molecule has 0 spiro atoms. The van der Waals surface area contributed by atoms with Crippen molar-refractivity contribution in [3.05, 3.63) is 70.3 Å². The summed E-state index contributed by atoms with van der Waals surface area (Å²) in [7, 11) is 0. The first-order valence-corrected chi connectivity index (χ1v) is 10.9. The van der Waals surface area contributed by atoms with E-state index in [1.165, 1.54) is 54.6 Å². The summed E-state index contributed by atoms with van der Waals surface area (Å²) in [6, 6.07) is 12.2. The van der Waals surface area contributed by atoms with Gasteiger partial charge in [0, 0.05) is 18.7 Å². The van der Waals surface area contributed by atoms with Gasteiger partial charge in [-0.1, -0.05) is 30.3 Å². The minimum Gasteiger partial charge on any atom is -0.504 e. The number of amides is 2. The van der Waals surface area contributed by atoms with Crippen LogP contribution in [-0.4, -0.2) is 41.3 Å². The van der Waals surface area contributed by atoms with Gasteiger partial charge in [-0.25, -0.2) is 0 Å². The SMILES string of the molecule is N#C/C(=C\c1ccc(C2(C(F)(F)F)N=N2)cc1)C(=O)NCCCNC(=O)/C(C#N)=C/c1ccc(O)c(O)c1. The average molecular weight is 524 g/mol. The van der Waals surface area contributed by atoms with Gasteiger partial charge in [-0.2, -0.15) is 23.7 Å². The van der Waals surface area contributed by atoms with Gasteiger partial charge in [-0.05, 0) is 41.8 Å². The number of alkyl halides is 3. The molecule has 1 aliphatic rings. The van der Waals surface area contributed by atoms with Crippen LogP contribution in [0, 0.1) is 22.7 Å². The van der Waals surface area contributed by atoms with Gasteiger partial charge in [-0.15, -0.1) is 10.2 Å². The lowest BCUT2D eigenvalue weighted by Crippen LogP contribution is -2.30. The molecule has 0 saturated heterocycles. The summed E-state index contributed by atoms with van der Waals surface area (Å²) in [5, 5.41) is 48.6. The van der Waals surface area contributed by atoms with E-state index in [1.807, 2.05) is 0 Å². The van der Waals surface area contributed by atoms with Gasteiger partial charge in [0.2, 0.25) is 0 Å². The van der Waals surface area contributed by atoms with Gasteiger partial charge < -0.3 is 20.8 Å². The van der Waals surface area contributed by atoms with E-state index in [9.17, 15) is 43.5 Å². The molecule has 0 aromatic heterocycles. The number of carbonyl (C=O) groups is 2.